The predicted molar refractivity (Wildman–Crippen MR) is 135 cm³/mol. The lowest BCUT2D eigenvalue weighted by Crippen LogP contribution is -2.55. The number of amides is 3. The molecule has 0 heterocycles. The van der Waals surface area contributed by atoms with Crippen molar-refractivity contribution in [2.24, 2.45) is 0 Å². The maximum Gasteiger partial charge on any atom is 0.356 e. The van der Waals surface area contributed by atoms with Crippen LogP contribution in [0.2, 0.25) is 0 Å². The highest BCUT2D eigenvalue weighted by molar-refractivity contribution is 5.96. The van der Waals surface area contributed by atoms with Crippen LogP contribution in [0, 0.1) is 0 Å². The van der Waals surface area contributed by atoms with Gasteiger partial charge in [-0.25, -0.2) is 9.59 Å². The van der Waals surface area contributed by atoms with Crippen molar-refractivity contribution < 1.29 is 58.7 Å². The van der Waals surface area contributed by atoms with E-state index in [0.29, 0.717) is 18.5 Å². The number of benzene rings is 1. The molecular formula is C25H33N3O12. The fourth-order valence-corrected chi connectivity index (χ4v) is 3.34. The van der Waals surface area contributed by atoms with E-state index in [0.717, 1.165) is 12.8 Å². The molecule has 15 nitrogen and oxygen atoms in total. The topological polar surface area (TPSA) is 246 Å². The number of ether oxygens (including phenoxy) is 1. The van der Waals surface area contributed by atoms with Gasteiger partial charge >= 0.3 is 23.9 Å². The summed E-state index contributed by atoms with van der Waals surface area (Å²) in [5, 5.41) is 43.1. The molecule has 7 N–H and O–H groups in total. The Morgan fingerprint density at radius 1 is 0.775 bits per heavy atom. The first-order valence-corrected chi connectivity index (χ1v) is 12.4. The van der Waals surface area contributed by atoms with Crippen LogP contribution < -0.4 is 20.7 Å². The number of rotatable bonds is 19. The summed E-state index contributed by atoms with van der Waals surface area (Å²) >= 11 is 0. The van der Waals surface area contributed by atoms with Crippen molar-refractivity contribution in [3.63, 3.8) is 0 Å². The quantitative estimate of drug-likeness (QED) is 0.0845. The minimum absolute atomic E-state index is 0.0752. The summed E-state index contributed by atoms with van der Waals surface area (Å²) in [6.45, 7) is 2.28. The fraction of sp³-hybridized carbons (Fsp3) is 0.480. The molecule has 15 heteroatoms. The SMILES string of the molecule is CCCCCNC(=O)[C@H](Cc1ccc(OC(C(=O)O)C(=O)O)cc1)NC(=O)[C@H](CC(=O)O)NC(=O)CCC(=O)O. The van der Waals surface area contributed by atoms with Gasteiger partial charge in [0, 0.05) is 19.4 Å². The lowest BCUT2D eigenvalue weighted by Gasteiger charge is -2.23. The summed E-state index contributed by atoms with van der Waals surface area (Å²) in [4.78, 5) is 81.9. The Bertz CT molecular complexity index is 1060. The number of nitrogens with one attached hydrogen (secondary N) is 3. The van der Waals surface area contributed by atoms with Gasteiger partial charge in [-0.3, -0.25) is 24.0 Å². The largest absolute Gasteiger partial charge is 0.481 e. The predicted octanol–water partition coefficient (Wildman–Crippen LogP) is -0.239. The van der Waals surface area contributed by atoms with E-state index in [1.54, 1.807) is 0 Å². The number of carboxylic acids is 4. The van der Waals surface area contributed by atoms with Gasteiger partial charge in [-0.05, 0) is 24.1 Å². The summed E-state index contributed by atoms with van der Waals surface area (Å²) in [5.41, 5.74) is 0.448. The molecule has 0 aliphatic carbocycles. The lowest BCUT2D eigenvalue weighted by molar-refractivity contribution is -0.159. The van der Waals surface area contributed by atoms with Crippen molar-refractivity contribution in [3.8, 4) is 5.75 Å². The van der Waals surface area contributed by atoms with Crippen LogP contribution in [-0.4, -0.2) is 86.8 Å². The van der Waals surface area contributed by atoms with Crippen molar-refractivity contribution in [2.45, 2.75) is 70.1 Å². The lowest BCUT2D eigenvalue weighted by atomic mass is 10.0. The molecule has 0 radical (unpaired) electrons. The Morgan fingerprint density at radius 3 is 1.93 bits per heavy atom. The average Bonchev–Trinajstić information content (AvgIpc) is 2.87. The smallest absolute Gasteiger partial charge is 0.356 e. The number of unbranched alkanes of at least 4 members (excludes halogenated alkanes) is 2. The Balaban J connectivity index is 3.07. The summed E-state index contributed by atoms with van der Waals surface area (Å²) in [7, 11) is 0. The zero-order chi connectivity index (χ0) is 30.2. The minimum Gasteiger partial charge on any atom is -0.481 e. The zero-order valence-corrected chi connectivity index (χ0v) is 21.8. The molecule has 0 unspecified atom stereocenters. The van der Waals surface area contributed by atoms with Gasteiger partial charge in [0.05, 0.1) is 12.8 Å². The molecule has 0 fully saturated rings. The highest BCUT2D eigenvalue weighted by atomic mass is 16.5. The number of hydrogen-bond donors (Lipinski definition) is 7. The van der Waals surface area contributed by atoms with E-state index < -0.39 is 79.0 Å². The molecule has 0 bridgehead atoms. The maximum absolute atomic E-state index is 12.9. The zero-order valence-electron chi connectivity index (χ0n) is 21.8. The highest BCUT2D eigenvalue weighted by Gasteiger charge is 2.30. The third kappa shape index (κ3) is 12.7. The summed E-state index contributed by atoms with van der Waals surface area (Å²) in [6.07, 6.45) is -1.68. The first-order valence-electron chi connectivity index (χ1n) is 12.4. The summed E-state index contributed by atoms with van der Waals surface area (Å²) in [5.74, 6) is -8.59. The third-order valence-corrected chi connectivity index (χ3v) is 5.37. The first kappa shape index (κ1) is 33.3. The van der Waals surface area contributed by atoms with Crippen molar-refractivity contribution in [1.82, 2.24) is 16.0 Å². The normalized spacial score (nSPS) is 12.1. The van der Waals surface area contributed by atoms with Gasteiger partial charge in [0.2, 0.25) is 17.7 Å². The summed E-state index contributed by atoms with van der Waals surface area (Å²) < 4.78 is 4.94. The number of carbonyl (C=O) groups is 7. The fourth-order valence-electron chi connectivity index (χ4n) is 3.34. The van der Waals surface area contributed by atoms with Crippen molar-refractivity contribution >= 4 is 41.6 Å². The molecule has 0 saturated carbocycles. The van der Waals surface area contributed by atoms with Crippen molar-refractivity contribution in [3.05, 3.63) is 29.8 Å². The van der Waals surface area contributed by atoms with E-state index in [2.05, 4.69) is 16.0 Å². The highest BCUT2D eigenvalue weighted by Crippen LogP contribution is 2.16. The number of hydrogen-bond acceptors (Lipinski definition) is 8. The van der Waals surface area contributed by atoms with Crippen molar-refractivity contribution in [2.75, 3.05) is 6.54 Å². The molecule has 1 rings (SSSR count). The standard InChI is InChI=1S/C25H33N3O12/c1-2-3-4-11-26-22(34)16(12-14-5-7-15(8-6-14)40-21(24(36)37)25(38)39)28-23(35)17(13-20(32)33)27-18(29)9-10-19(30)31/h5-8,16-17,21H,2-4,9-13H2,1H3,(H,26,34)(H,27,29)(H,28,35)(H,30,31)(H,32,33)(H,36,37)(H,38,39)/t16-,17-/m0/s1. The van der Waals surface area contributed by atoms with E-state index in [9.17, 15) is 38.7 Å². The maximum atomic E-state index is 12.9. The average molecular weight is 568 g/mol. The van der Waals surface area contributed by atoms with Crippen LogP contribution in [-0.2, 0) is 40.0 Å². The van der Waals surface area contributed by atoms with Crippen LogP contribution in [0.25, 0.3) is 0 Å². The number of aliphatic carboxylic acids is 4. The van der Waals surface area contributed by atoms with Crippen LogP contribution in [0.4, 0.5) is 0 Å². The molecule has 220 valence electrons. The molecule has 1 aromatic carbocycles. The van der Waals surface area contributed by atoms with Crippen LogP contribution in [0.3, 0.4) is 0 Å². The van der Waals surface area contributed by atoms with E-state index in [1.807, 2.05) is 6.92 Å². The second-order valence-corrected chi connectivity index (χ2v) is 8.69. The van der Waals surface area contributed by atoms with Gasteiger partial charge in [0.1, 0.15) is 17.8 Å². The third-order valence-electron chi connectivity index (χ3n) is 5.37. The molecule has 0 aromatic heterocycles. The second-order valence-electron chi connectivity index (χ2n) is 8.69. The van der Waals surface area contributed by atoms with E-state index >= 15 is 0 Å². The van der Waals surface area contributed by atoms with Gasteiger partial charge in [-0.2, -0.15) is 0 Å². The Kier molecular flexibility index (Phi) is 14.2. The minimum atomic E-state index is -2.14. The molecule has 40 heavy (non-hydrogen) atoms. The number of carbonyl (C=O) groups excluding carboxylic acids is 3. The molecule has 0 aliphatic heterocycles. The molecule has 0 saturated heterocycles. The molecular weight excluding hydrogens is 534 g/mol. The van der Waals surface area contributed by atoms with E-state index in [-0.39, 0.29) is 12.2 Å². The van der Waals surface area contributed by atoms with Gasteiger partial charge in [-0.15, -0.1) is 0 Å². The molecule has 1 aromatic rings. The van der Waals surface area contributed by atoms with Crippen LogP contribution >= 0.6 is 0 Å². The Hall–Kier alpha value is -4.69. The van der Waals surface area contributed by atoms with Gasteiger partial charge in [-0.1, -0.05) is 31.9 Å². The van der Waals surface area contributed by atoms with Crippen LogP contribution in [0.1, 0.15) is 51.0 Å². The van der Waals surface area contributed by atoms with Crippen LogP contribution in [0.15, 0.2) is 24.3 Å². The van der Waals surface area contributed by atoms with Gasteiger partial charge < -0.3 is 41.1 Å². The number of carboxylic acid groups (broad SMARTS) is 4. The molecule has 0 aliphatic rings. The Morgan fingerprint density at radius 2 is 1.40 bits per heavy atom. The second kappa shape index (κ2) is 17.0. The summed E-state index contributed by atoms with van der Waals surface area (Å²) in [6, 6.07) is 2.58. The monoisotopic (exact) mass is 567 g/mol. The molecule has 3 amide bonds. The molecule has 0 spiro atoms. The molecule has 2 atom stereocenters. The van der Waals surface area contributed by atoms with Crippen molar-refractivity contribution in [1.29, 1.82) is 0 Å². The van der Waals surface area contributed by atoms with Gasteiger partial charge in [0.15, 0.2) is 0 Å². The van der Waals surface area contributed by atoms with Crippen LogP contribution in [0.5, 0.6) is 5.75 Å². The van der Waals surface area contributed by atoms with Gasteiger partial charge in [0.25, 0.3) is 6.10 Å². The van der Waals surface area contributed by atoms with E-state index in [1.165, 1.54) is 24.3 Å². The first-order chi connectivity index (χ1) is 18.8. The van der Waals surface area contributed by atoms with E-state index in [4.69, 9.17) is 20.1 Å². The Labute approximate surface area is 228 Å².